The molecule has 124 valence electrons. The second-order valence-corrected chi connectivity index (χ2v) is 6.70. The fraction of sp³-hybridized carbons (Fsp3) is 0.588. The molecule has 0 aliphatic carbocycles. The van der Waals surface area contributed by atoms with E-state index >= 15 is 0 Å². The first kappa shape index (κ1) is 19.2. The van der Waals surface area contributed by atoms with Crippen LogP contribution in [-0.4, -0.2) is 36.0 Å². The van der Waals surface area contributed by atoms with E-state index in [1.165, 1.54) is 19.4 Å². The molecule has 1 aliphatic rings. The van der Waals surface area contributed by atoms with E-state index < -0.39 is 0 Å². The van der Waals surface area contributed by atoms with E-state index in [2.05, 4.69) is 36.0 Å². The highest BCUT2D eigenvalue weighted by Crippen LogP contribution is 2.24. The number of benzene rings is 1. The summed E-state index contributed by atoms with van der Waals surface area (Å²) in [5.41, 5.74) is 7.02. The molecule has 0 bridgehead atoms. The summed E-state index contributed by atoms with van der Waals surface area (Å²) in [7, 11) is 0. The van der Waals surface area contributed by atoms with Crippen molar-refractivity contribution < 1.29 is 0 Å². The summed E-state index contributed by atoms with van der Waals surface area (Å²) in [5, 5.41) is 3.14. The monoisotopic (exact) mass is 416 g/mol. The zero-order valence-corrected chi connectivity index (χ0v) is 16.2. The van der Waals surface area contributed by atoms with Crippen LogP contribution in [0, 0.1) is 5.92 Å². The lowest BCUT2D eigenvalue weighted by molar-refractivity contribution is 0.0775. The Balaban J connectivity index is 0.00000242. The number of halogens is 1. The van der Waals surface area contributed by atoms with Crippen molar-refractivity contribution in [3.8, 4) is 0 Å². The van der Waals surface area contributed by atoms with Gasteiger partial charge in [0.1, 0.15) is 0 Å². The number of aliphatic imine (C=N–C) groups is 1. The quantitative estimate of drug-likeness (QED) is 0.449. The molecule has 1 aromatic rings. The Kier molecular flexibility index (Phi) is 7.62. The molecule has 2 rings (SSSR count). The largest absolute Gasteiger partial charge is 0.370 e. The first-order valence-corrected chi connectivity index (χ1v) is 7.84. The van der Waals surface area contributed by atoms with Gasteiger partial charge in [0, 0.05) is 17.8 Å². The first-order chi connectivity index (χ1) is 9.97. The van der Waals surface area contributed by atoms with Crippen LogP contribution >= 0.6 is 24.0 Å². The van der Waals surface area contributed by atoms with Crippen LogP contribution in [0.1, 0.15) is 33.6 Å². The van der Waals surface area contributed by atoms with Gasteiger partial charge in [0.05, 0.1) is 6.54 Å². The number of rotatable bonds is 4. The molecule has 0 radical (unpaired) electrons. The Labute approximate surface area is 151 Å². The normalized spacial score (nSPS) is 20.3. The van der Waals surface area contributed by atoms with Gasteiger partial charge in [-0.25, -0.2) is 0 Å². The Bertz CT molecular complexity index is 473. The number of anilines is 1. The molecule has 0 aromatic heterocycles. The highest BCUT2D eigenvalue weighted by molar-refractivity contribution is 14.0. The van der Waals surface area contributed by atoms with Crippen LogP contribution in [-0.2, 0) is 0 Å². The summed E-state index contributed by atoms with van der Waals surface area (Å²) in [4.78, 5) is 7.08. The highest BCUT2D eigenvalue weighted by atomic mass is 127. The Morgan fingerprint density at radius 1 is 1.36 bits per heavy atom. The van der Waals surface area contributed by atoms with E-state index in [1.54, 1.807) is 0 Å². The van der Waals surface area contributed by atoms with Crippen LogP contribution in [0.5, 0.6) is 0 Å². The zero-order valence-electron chi connectivity index (χ0n) is 13.9. The summed E-state index contributed by atoms with van der Waals surface area (Å²) < 4.78 is 0. The van der Waals surface area contributed by atoms with Gasteiger partial charge in [-0.3, -0.25) is 9.89 Å². The summed E-state index contributed by atoms with van der Waals surface area (Å²) in [6.07, 6.45) is 2.62. The molecule has 3 N–H and O–H groups in total. The number of nitrogens with zero attached hydrogens (tertiary/aromatic N) is 2. The highest BCUT2D eigenvalue weighted by Gasteiger charge is 2.29. The minimum atomic E-state index is 0. The number of nitrogens with two attached hydrogens (primary N) is 1. The standard InChI is InChI=1S/C17H28N4.HI/c1-14-8-7-11-21(12-14)17(2,3)13-19-16(18)20-15-9-5-4-6-10-15;/h4-6,9-10,14H,7-8,11-13H2,1-3H3,(H3,18,19,20);1H. The molecular weight excluding hydrogens is 387 g/mol. The molecular formula is C17H29IN4. The summed E-state index contributed by atoms with van der Waals surface area (Å²) >= 11 is 0. The van der Waals surface area contributed by atoms with Gasteiger partial charge >= 0.3 is 0 Å². The van der Waals surface area contributed by atoms with Gasteiger partial charge < -0.3 is 11.1 Å². The molecule has 1 saturated heterocycles. The average Bonchev–Trinajstić information content (AvgIpc) is 2.46. The third kappa shape index (κ3) is 5.76. The van der Waals surface area contributed by atoms with E-state index in [9.17, 15) is 0 Å². The minimum absolute atomic E-state index is 0. The van der Waals surface area contributed by atoms with Crippen LogP contribution < -0.4 is 11.1 Å². The number of hydrogen-bond donors (Lipinski definition) is 2. The van der Waals surface area contributed by atoms with Gasteiger partial charge in [-0.15, -0.1) is 24.0 Å². The number of likely N-dealkylation sites (tertiary alicyclic amines) is 1. The van der Waals surface area contributed by atoms with Crippen molar-refractivity contribution in [3.63, 3.8) is 0 Å². The molecule has 22 heavy (non-hydrogen) atoms. The van der Waals surface area contributed by atoms with Gasteiger partial charge in [0.25, 0.3) is 0 Å². The number of guanidine groups is 1. The lowest BCUT2D eigenvalue weighted by atomic mass is 9.94. The lowest BCUT2D eigenvalue weighted by Crippen LogP contribution is -2.51. The molecule has 4 nitrogen and oxygen atoms in total. The van der Waals surface area contributed by atoms with E-state index in [-0.39, 0.29) is 29.5 Å². The maximum Gasteiger partial charge on any atom is 0.193 e. The van der Waals surface area contributed by atoms with Gasteiger partial charge in [-0.05, 0) is 51.3 Å². The summed E-state index contributed by atoms with van der Waals surface area (Å²) in [6, 6.07) is 9.92. The summed E-state index contributed by atoms with van der Waals surface area (Å²) in [5.74, 6) is 1.26. The third-order valence-electron chi connectivity index (χ3n) is 4.20. The number of piperidine rings is 1. The van der Waals surface area contributed by atoms with Crippen molar-refractivity contribution in [3.05, 3.63) is 30.3 Å². The second kappa shape index (κ2) is 8.72. The topological polar surface area (TPSA) is 53.6 Å². The van der Waals surface area contributed by atoms with Crippen molar-refractivity contribution in [2.24, 2.45) is 16.6 Å². The van der Waals surface area contributed by atoms with Crippen LogP contribution in [0.4, 0.5) is 5.69 Å². The van der Waals surface area contributed by atoms with Crippen molar-refractivity contribution in [2.45, 2.75) is 39.2 Å². The SMILES string of the molecule is CC1CCCN(C(C)(C)CN=C(N)Nc2ccccc2)C1.I. The Morgan fingerprint density at radius 3 is 2.68 bits per heavy atom. The molecule has 1 fully saturated rings. The lowest BCUT2D eigenvalue weighted by Gasteiger charge is -2.42. The molecule has 0 amide bonds. The van der Waals surface area contributed by atoms with Crippen molar-refractivity contribution >= 4 is 35.6 Å². The second-order valence-electron chi connectivity index (χ2n) is 6.70. The van der Waals surface area contributed by atoms with E-state index in [1.807, 2.05) is 30.3 Å². The van der Waals surface area contributed by atoms with Gasteiger partial charge in [0.2, 0.25) is 0 Å². The number of nitrogens with one attached hydrogen (secondary N) is 1. The predicted molar refractivity (Wildman–Crippen MR) is 106 cm³/mol. The van der Waals surface area contributed by atoms with Crippen LogP contribution in [0.3, 0.4) is 0 Å². The van der Waals surface area contributed by atoms with Crippen molar-refractivity contribution in [1.29, 1.82) is 0 Å². The number of para-hydroxylation sites is 1. The van der Waals surface area contributed by atoms with Gasteiger partial charge in [-0.2, -0.15) is 0 Å². The Hall–Kier alpha value is -0.820. The number of hydrogen-bond acceptors (Lipinski definition) is 2. The van der Waals surface area contributed by atoms with Gasteiger partial charge in [-0.1, -0.05) is 25.1 Å². The zero-order chi connectivity index (χ0) is 15.3. The molecule has 0 saturated carbocycles. The van der Waals surface area contributed by atoms with Gasteiger partial charge in [0.15, 0.2) is 5.96 Å². The summed E-state index contributed by atoms with van der Waals surface area (Å²) in [6.45, 7) is 9.88. The predicted octanol–water partition coefficient (Wildman–Crippen LogP) is 3.54. The van der Waals surface area contributed by atoms with Crippen LogP contribution in [0.25, 0.3) is 0 Å². The van der Waals surface area contributed by atoms with Crippen molar-refractivity contribution in [1.82, 2.24) is 4.90 Å². The molecule has 1 aliphatic heterocycles. The molecule has 1 unspecified atom stereocenters. The van der Waals surface area contributed by atoms with E-state index in [0.717, 1.165) is 18.2 Å². The van der Waals surface area contributed by atoms with Crippen LogP contribution in [0.15, 0.2) is 35.3 Å². The smallest absolute Gasteiger partial charge is 0.193 e. The maximum absolute atomic E-state index is 5.99. The molecule has 5 heteroatoms. The minimum Gasteiger partial charge on any atom is -0.370 e. The maximum atomic E-state index is 5.99. The third-order valence-corrected chi connectivity index (χ3v) is 4.20. The Morgan fingerprint density at radius 2 is 2.05 bits per heavy atom. The fourth-order valence-electron chi connectivity index (χ4n) is 2.83. The first-order valence-electron chi connectivity index (χ1n) is 7.84. The van der Waals surface area contributed by atoms with Crippen molar-refractivity contribution in [2.75, 3.05) is 25.0 Å². The molecule has 1 atom stereocenters. The van der Waals surface area contributed by atoms with E-state index in [4.69, 9.17) is 5.73 Å². The molecule has 1 heterocycles. The molecule has 1 aromatic carbocycles. The fourth-order valence-corrected chi connectivity index (χ4v) is 2.83. The average molecular weight is 416 g/mol. The molecule has 0 spiro atoms. The van der Waals surface area contributed by atoms with Crippen LogP contribution in [0.2, 0.25) is 0 Å². The van der Waals surface area contributed by atoms with E-state index in [0.29, 0.717) is 12.5 Å².